The van der Waals surface area contributed by atoms with Crippen molar-refractivity contribution in [3.63, 3.8) is 0 Å². The fourth-order valence-electron chi connectivity index (χ4n) is 2.03. The Morgan fingerprint density at radius 2 is 1.13 bits per heavy atom. The van der Waals surface area contributed by atoms with Crippen molar-refractivity contribution in [2.45, 2.75) is 99.1 Å². The van der Waals surface area contributed by atoms with Gasteiger partial charge in [-0.05, 0) is 59.0 Å². The molecule has 8 N–H and O–H groups in total. The van der Waals surface area contributed by atoms with Crippen molar-refractivity contribution in [3.05, 3.63) is 0 Å². The van der Waals surface area contributed by atoms with Crippen LogP contribution in [0.2, 0.25) is 0 Å². The Morgan fingerprint density at radius 3 is 1.40 bits per heavy atom. The first kappa shape index (κ1) is 36.2. The molecule has 2 unspecified atom stereocenters. The summed E-state index contributed by atoms with van der Waals surface area (Å²) in [6.45, 7) is 15.4. The van der Waals surface area contributed by atoms with E-state index < -0.39 is 0 Å². The Kier molecular flexibility index (Phi) is 36.1. The summed E-state index contributed by atoms with van der Waals surface area (Å²) in [6.07, 6.45) is 4.76. The fraction of sp³-hybridized carbons (Fsp3) is 0.909. The topological polar surface area (TPSA) is 151 Å². The molecule has 0 bridgehead atoms. The molecule has 0 aliphatic rings. The first-order valence-corrected chi connectivity index (χ1v) is 11.3. The Balaban J connectivity index is -0.000000179. The number of aliphatic hydroxyl groups excluding tert-OH is 2. The van der Waals surface area contributed by atoms with E-state index in [0.717, 1.165) is 12.8 Å². The van der Waals surface area contributed by atoms with Crippen LogP contribution in [-0.4, -0.2) is 60.4 Å². The summed E-state index contributed by atoms with van der Waals surface area (Å²) in [7, 11) is 0. The van der Waals surface area contributed by atoms with Crippen molar-refractivity contribution < 1.29 is 19.8 Å². The molecule has 0 aliphatic carbocycles. The van der Waals surface area contributed by atoms with Crippen LogP contribution in [0.3, 0.4) is 0 Å². The zero-order chi connectivity index (χ0) is 24.4. The molecule has 0 aliphatic heterocycles. The molecule has 0 spiro atoms. The van der Waals surface area contributed by atoms with Crippen molar-refractivity contribution >= 4 is 11.8 Å². The maximum absolute atomic E-state index is 11.2. The summed E-state index contributed by atoms with van der Waals surface area (Å²) < 4.78 is 0. The van der Waals surface area contributed by atoms with Crippen LogP contribution in [0.25, 0.3) is 0 Å². The van der Waals surface area contributed by atoms with E-state index in [0.29, 0.717) is 38.3 Å². The van der Waals surface area contributed by atoms with E-state index in [-0.39, 0.29) is 37.1 Å². The average molecular weight is 437 g/mol. The van der Waals surface area contributed by atoms with Crippen molar-refractivity contribution in [1.29, 1.82) is 0 Å². The van der Waals surface area contributed by atoms with Gasteiger partial charge in [0.25, 0.3) is 0 Å². The van der Waals surface area contributed by atoms with Crippen LogP contribution in [0.4, 0.5) is 0 Å². The molecule has 30 heavy (non-hydrogen) atoms. The van der Waals surface area contributed by atoms with Crippen molar-refractivity contribution in [1.82, 2.24) is 10.6 Å². The van der Waals surface area contributed by atoms with E-state index in [1.807, 2.05) is 6.92 Å². The second-order valence-electron chi connectivity index (χ2n) is 7.56. The molecule has 0 aromatic rings. The quantitative estimate of drug-likeness (QED) is 0.291. The molecule has 0 radical (unpaired) electrons. The third-order valence-corrected chi connectivity index (χ3v) is 3.13. The second-order valence-corrected chi connectivity index (χ2v) is 7.56. The van der Waals surface area contributed by atoms with Gasteiger partial charge in [-0.2, -0.15) is 0 Å². The summed E-state index contributed by atoms with van der Waals surface area (Å²) in [5, 5.41) is 21.7. The lowest BCUT2D eigenvalue weighted by atomic mass is 10.1. The highest BCUT2D eigenvalue weighted by Crippen LogP contribution is 2.03. The third-order valence-electron chi connectivity index (χ3n) is 3.13. The minimum absolute atomic E-state index is 0.0195. The smallest absolute Gasteiger partial charge is 0.220 e. The number of carbonyl (C=O) groups is 2. The van der Waals surface area contributed by atoms with Gasteiger partial charge in [-0.25, -0.2) is 0 Å². The largest absolute Gasteiger partial charge is 0.397 e. The van der Waals surface area contributed by atoms with Gasteiger partial charge in [-0.1, -0.05) is 34.1 Å². The van der Waals surface area contributed by atoms with E-state index in [9.17, 15) is 9.59 Å². The molecule has 0 heterocycles. The van der Waals surface area contributed by atoms with E-state index in [4.69, 9.17) is 21.7 Å². The SMILES string of the molecule is CC(C)CC(C)NC(=O)CCCN.CC(CO)NC(=O)CCCN.CCC.CCO. The second kappa shape index (κ2) is 30.0. The van der Waals surface area contributed by atoms with Crippen molar-refractivity contribution in [2.24, 2.45) is 17.4 Å². The van der Waals surface area contributed by atoms with Gasteiger partial charge in [-0.15, -0.1) is 0 Å². The molecule has 2 amide bonds. The predicted molar refractivity (Wildman–Crippen MR) is 127 cm³/mol. The van der Waals surface area contributed by atoms with E-state index in [1.165, 1.54) is 6.42 Å². The van der Waals surface area contributed by atoms with Gasteiger partial charge in [0.15, 0.2) is 0 Å². The molecule has 0 aromatic heterocycles. The average Bonchev–Trinajstić information content (AvgIpc) is 2.65. The highest BCUT2D eigenvalue weighted by molar-refractivity contribution is 5.76. The lowest BCUT2D eigenvalue weighted by molar-refractivity contribution is -0.122. The maximum Gasteiger partial charge on any atom is 0.220 e. The molecule has 8 nitrogen and oxygen atoms in total. The Hall–Kier alpha value is -1.22. The minimum atomic E-state index is -0.153. The number of aliphatic hydroxyl groups is 2. The summed E-state index contributed by atoms with van der Waals surface area (Å²) in [5.74, 6) is 0.709. The number of carbonyl (C=O) groups excluding carboxylic acids is 2. The van der Waals surface area contributed by atoms with Crippen molar-refractivity contribution in [3.8, 4) is 0 Å². The van der Waals surface area contributed by atoms with E-state index in [2.05, 4.69) is 38.3 Å². The van der Waals surface area contributed by atoms with Crippen LogP contribution in [0.15, 0.2) is 0 Å². The Labute approximate surface area is 185 Å². The molecule has 2 atom stereocenters. The summed E-state index contributed by atoms with van der Waals surface area (Å²) in [5.41, 5.74) is 10.5. The van der Waals surface area contributed by atoms with Crippen molar-refractivity contribution in [2.75, 3.05) is 26.3 Å². The van der Waals surface area contributed by atoms with Gasteiger partial charge in [0.05, 0.1) is 6.61 Å². The van der Waals surface area contributed by atoms with Crippen LogP contribution in [0.1, 0.15) is 87.0 Å². The van der Waals surface area contributed by atoms with Crippen LogP contribution in [-0.2, 0) is 9.59 Å². The first-order chi connectivity index (χ1) is 14.1. The monoisotopic (exact) mass is 436 g/mol. The highest BCUT2D eigenvalue weighted by atomic mass is 16.3. The van der Waals surface area contributed by atoms with Gasteiger partial charge in [0, 0.05) is 31.5 Å². The molecular formula is C22H52N4O4. The minimum Gasteiger partial charge on any atom is -0.397 e. The number of nitrogens with one attached hydrogen (secondary N) is 2. The summed E-state index contributed by atoms with van der Waals surface area (Å²) in [6, 6.07) is 0.130. The molecule has 0 fully saturated rings. The summed E-state index contributed by atoms with van der Waals surface area (Å²) in [4.78, 5) is 22.1. The van der Waals surface area contributed by atoms with Gasteiger partial charge in [0.1, 0.15) is 0 Å². The standard InChI is InChI=1S/C10H22N2O.C7H16N2O2.C3H8.C2H6O/c1-8(2)7-9(3)12-10(13)5-4-6-11;1-6(5-10)9-7(11)3-2-4-8;1-3-2;1-2-3/h8-9H,4-7,11H2,1-3H3,(H,12,13);6,10H,2-5,8H2,1H3,(H,9,11);3H2,1-2H3;3H,2H2,1H3. The normalized spacial score (nSPS) is 11.5. The van der Waals surface area contributed by atoms with Crippen LogP contribution >= 0.6 is 0 Å². The Morgan fingerprint density at radius 1 is 0.800 bits per heavy atom. The van der Waals surface area contributed by atoms with Gasteiger partial charge in [-0.3, -0.25) is 9.59 Å². The zero-order valence-electron chi connectivity index (χ0n) is 20.7. The lowest BCUT2D eigenvalue weighted by Crippen LogP contribution is -2.35. The zero-order valence-corrected chi connectivity index (χ0v) is 20.7. The number of nitrogens with two attached hydrogens (primary N) is 2. The van der Waals surface area contributed by atoms with Crippen LogP contribution in [0.5, 0.6) is 0 Å². The highest BCUT2D eigenvalue weighted by Gasteiger charge is 2.08. The molecule has 0 saturated carbocycles. The fourth-order valence-corrected chi connectivity index (χ4v) is 2.03. The number of amides is 2. The van der Waals surface area contributed by atoms with Gasteiger partial charge in [0.2, 0.25) is 11.8 Å². The van der Waals surface area contributed by atoms with E-state index >= 15 is 0 Å². The molecule has 0 saturated heterocycles. The van der Waals surface area contributed by atoms with Crippen LogP contribution < -0.4 is 22.1 Å². The summed E-state index contributed by atoms with van der Waals surface area (Å²) >= 11 is 0. The number of hydrogen-bond acceptors (Lipinski definition) is 6. The first-order valence-electron chi connectivity index (χ1n) is 11.3. The van der Waals surface area contributed by atoms with Crippen LogP contribution in [0, 0.1) is 5.92 Å². The molecule has 8 heteroatoms. The molecule has 0 aromatic carbocycles. The Bertz CT molecular complexity index is 354. The maximum atomic E-state index is 11.2. The predicted octanol–water partition coefficient (Wildman–Crippen LogP) is 1.91. The molecule has 0 rings (SSSR count). The molecule has 184 valence electrons. The number of hydrogen-bond donors (Lipinski definition) is 6. The van der Waals surface area contributed by atoms with Gasteiger partial charge >= 0.3 is 0 Å². The third kappa shape index (κ3) is 41.2. The number of rotatable bonds is 11. The van der Waals surface area contributed by atoms with Gasteiger partial charge < -0.3 is 32.3 Å². The molecular weight excluding hydrogens is 384 g/mol. The lowest BCUT2D eigenvalue weighted by Gasteiger charge is -2.15. The van der Waals surface area contributed by atoms with E-state index in [1.54, 1.807) is 13.8 Å².